The summed E-state index contributed by atoms with van der Waals surface area (Å²) in [5.74, 6) is 0.391. The average molecular weight is 411 g/mol. The molecule has 1 fully saturated rings. The first-order valence-corrected chi connectivity index (χ1v) is 9.80. The Morgan fingerprint density at radius 2 is 1.93 bits per heavy atom. The molecule has 0 spiro atoms. The van der Waals surface area contributed by atoms with Gasteiger partial charge in [0.1, 0.15) is 5.69 Å². The molecule has 5 nitrogen and oxygen atoms in total. The number of para-hydroxylation sites is 1. The number of halogens is 1. The molecule has 1 unspecified atom stereocenters. The van der Waals surface area contributed by atoms with Gasteiger partial charge in [-0.2, -0.15) is 5.10 Å². The zero-order valence-electron chi connectivity index (χ0n) is 16.8. The predicted molar refractivity (Wildman–Crippen MR) is 119 cm³/mol. The molecule has 152 valence electrons. The summed E-state index contributed by atoms with van der Waals surface area (Å²) in [6.45, 7) is 4.58. The van der Waals surface area contributed by atoms with Crippen molar-refractivity contribution in [2.75, 3.05) is 6.54 Å². The maximum atomic E-state index is 13.1. The second kappa shape index (κ2) is 8.80. The van der Waals surface area contributed by atoms with Gasteiger partial charge in [0.2, 0.25) is 0 Å². The van der Waals surface area contributed by atoms with Gasteiger partial charge in [-0.1, -0.05) is 42.0 Å². The Hall–Kier alpha value is -2.63. The molecule has 6 heteroatoms. The van der Waals surface area contributed by atoms with Gasteiger partial charge < -0.3 is 11.1 Å². The highest BCUT2D eigenvalue weighted by atomic mass is 35.5. The lowest BCUT2D eigenvalue weighted by atomic mass is 10.00. The molecule has 4 rings (SSSR count). The van der Waals surface area contributed by atoms with Crippen molar-refractivity contribution in [3.05, 3.63) is 71.4 Å². The van der Waals surface area contributed by atoms with Gasteiger partial charge in [0.25, 0.3) is 5.91 Å². The lowest BCUT2D eigenvalue weighted by molar-refractivity contribution is 0.0934. The number of nitrogens with one attached hydrogen (secondary N) is 1. The van der Waals surface area contributed by atoms with Crippen LogP contribution in [0.25, 0.3) is 16.9 Å². The molecule has 1 saturated carbocycles. The average Bonchev–Trinajstić information content (AvgIpc) is 3.45. The van der Waals surface area contributed by atoms with Gasteiger partial charge in [0.15, 0.2) is 0 Å². The maximum Gasteiger partial charge on any atom is 0.255 e. The molecule has 3 N–H and O–H groups in total. The summed E-state index contributed by atoms with van der Waals surface area (Å²) in [5, 5.41) is 7.91. The molecule has 1 aliphatic carbocycles. The number of carbonyl (C=O) groups excluding carboxylic acids is 1. The van der Waals surface area contributed by atoms with Crippen molar-refractivity contribution in [2.45, 2.75) is 32.7 Å². The van der Waals surface area contributed by atoms with E-state index in [0.29, 0.717) is 23.7 Å². The van der Waals surface area contributed by atoms with E-state index < -0.39 is 0 Å². The van der Waals surface area contributed by atoms with Crippen LogP contribution in [-0.2, 0) is 0 Å². The molecular formula is C23H27ClN4O. The van der Waals surface area contributed by atoms with Crippen LogP contribution in [-0.4, -0.2) is 28.3 Å². The van der Waals surface area contributed by atoms with E-state index in [4.69, 9.17) is 10.8 Å². The van der Waals surface area contributed by atoms with E-state index in [1.165, 1.54) is 5.56 Å². The normalized spacial score (nSPS) is 14.2. The minimum atomic E-state index is -0.112. The summed E-state index contributed by atoms with van der Waals surface area (Å²) in [4.78, 5) is 13.1. The molecule has 1 amide bonds. The molecule has 2 aromatic carbocycles. The fourth-order valence-electron chi connectivity index (χ4n) is 3.65. The van der Waals surface area contributed by atoms with Crippen molar-refractivity contribution in [1.29, 1.82) is 0 Å². The number of amides is 1. The molecule has 0 saturated heterocycles. The Morgan fingerprint density at radius 1 is 1.21 bits per heavy atom. The van der Waals surface area contributed by atoms with Crippen molar-refractivity contribution in [3.63, 3.8) is 0 Å². The third kappa shape index (κ3) is 4.52. The zero-order valence-corrected chi connectivity index (χ0v) is 17.6. The van der Waals surface area contributed by atoms with Gasteiger partial charge >= 0.3 is 0 Å². The van der Waals surface area contributed by atoms with Crippen molar-refractivity contribution in [1.82, 2.24) is 15.1 Å². The first-order valence-electron chi connectivity index (χ1n) is 9.80. The Labute approximate surface area is 177 Å². The molecule has 0 aliphatic heterocycles. The van der Waals surface area contributed by atoms with Gasteiger partial charge in [0.05, 0.1) is 11.3 Å². The van der Waals surface area contributed by atoms with Crippen LogP contribution in [0.1, 0.15) is 34.3 Å². The quantitative estimate of drug-likeness (QED) is 0.644. The Kier molecular flexibility index (Phi) is 6.40. The second-order valence-electron chi connectivity index (χ2n) is 7.64. The fraction of sp³-hybridized carbons (Fsp3) is 0.304. The number of rotatable bonds is 6. The highest BCUT2D eigenvalue weighted by Gasteiger charge is 2.32. The van der Waals surface area contributed by atoms with E-state index >= 15 is 0 Å². The second-order valence-corrected chi connectivity index (χ2v) is 7.64. The largest absolute Gasteiger partial charge is 0.348 e. The van der Waals surface area contributed by atoms with Crippen LogP contribution >= 0.6 is 12.4 Å². The van der Waals surface area contributed by atoms with Gasteiger partial charge in [-0.05, 0) is 50.3 Å². The van der Waals surface area contributed by atoms with E-state index in [1.54, 1.807) is 4.68 Å². The van der Waals surface area contributed by atoms with Crippen molar-refractivity contribution in [2.24, 2.45) is 11.7 Å². The van der Waals surface area contributed by atoms with E-state index in [9.17, 15) is 4.79 Å². The standard InChI is InChI=1S/C23H26N4O.ClH/c1-15-8-11-19(16(2)12-15)22-20(23(28)25-21(13-24)17-9-10-17)14-27(26-22)18-6-4-3-5-7-18;/h3-8,11-12,14,17,21H,9-10,13,24H2,1-2H3,(H,25,28);1H. The lowest BCUT2D eigenvalue weighted by Gasteiger charge is -2.16. The molecule has 1 aromatic heterocycles. The van der Waals surface area contributed by atoms with E-state index in [1.807, 2.05) is 42.6 Å². The van der Waals surface area contributed by atoms with Crippen LogP contribution in [0.3, 0.4) is 0 Å². The minimum Gasteiger partial charge on any atom is -0.348 e. The van der Waals surface area contributed by atoms with Crippen molar-refractivity contribution in [3.8, 4) is 16.9 Å². The summed E-state index contributed by atoms with van der Waals surface area (Å²) < 4.78 is 1.78. The number of carbonyl (C=O) groups is 1. The number of aromatic nitrogens is 2. The van der Waals surface area contributed by atoms with Gasteiger partial charge in [-0.25, -0.2) is 4.68 Å². The Bertz CT molecular complexity index is 995. The third-order valence-electron chi connectivity index (χ3n) is 5.38. The van der Waals surface area contributed by atoms with Gasteiger partial charge in [0, 0.05) is 24.3 Å². The Morgan fingerprint density at radius 3 is 2.55 bits per heavy atom. The zero-order chi connectivity index (χ0) is 19.7. The highest BCUT2D eigenvalue weighted by molar-refractivity contribution is 6.00. The first kappa shape index (κ1) is 21.1. The Balaban J connectivity index is 0.00000240. The first-order chi connectivity index (χ1) is 13.6. The van der Waals surface area contributed by atoms with Crippen LogP contribution < -0.4 is 11.1 Å². The van der Waals surface area contributed by atoms with Crippen molar-refractivity contribution >= 4 is 18.3 Å². The molecule has 29 heavy (non-hydrogen) atoms. The molecule has 1 atom stereocenters. The van der Waals surface area contributed by atoms with Crippen molar-refractivity contribution < 1.29 is 4.79 Å². The summed E-state index contributed by atoms with van der Waals surface area (Å²) in [6.07, 6.45) is 4.09. The smallest absolute Gasteiger partial charge is 0.255 e. The number of benzene rings is 2. The summed E-state index contributed by atoms with van der Waals surface area (Å²) in [6, 6.07) is 16.1. The molecule has 1 aliphatic rings. The number of hydrogen-bond donors (Lipinski definition) is 2. The third-order valence-corrected chi connectivity index (χ3v) is 5.38. The SMILES string of the molecule is Cc1ccc(-c2nn(-c3ccccc3)cc2C(=O)NC(CN)C2CC2)c(C)c1.Cl. The topological polar surface area (TPSA) is 72.9 Å². The molecular weight excluding hydrogens is 384 g/mol. The number of aryl methyl sites for hydroxylation is 2. The summed E-state index contributed by atoms with van der Waals surface area (Å²) >= 11 is 0. The van der Waals surface area contributed by atoms with E-state index in [0.717, 1.165) is 29.7 Å². The molecule has 3 aromatic rings. The molecule has 1 heterocycles. The monoisotopic (exact) mass is 410 g/mol. The minimum absolute atomic E-state index is 0. The summed E-state index contributed by atoms with van der Waals surface area (Å²) in [7, 11) is 0. The van der Waals surface area contributed by atoms with Crippen LogP contribution in [0.5, 0.6) is 0 Å². The summed E-state index contributed by atoms with van der Waals surface area (Å²) in [5.41, 5.74) is 11.4. The van der Waals surface area contributed by atoms with Crippen LogP contribution in [0.4, 0.5) is 0 Å². The number of nitrogens with two attached hydrogens (primary N) is 1. The van der Waals surface area contributed by atoms with E-state index in [2.05, 4.69) is 31.3 Å². The van der Waals surface area contributed by atoms with E-state index in [-0.39, 0.29) is 24.4 Å². The fourth-order valence-corrected chi connectivity index (χ4v) is 3.65. The van der Waals surface area contributed by atoms with Gasteiger partial charge in [-0.15, -0.1) is 12.4 Å². The van der Waals surface area contributed by atoms with Crippen LogP contribution in [0.15, 0.2) is 54.7 Å². The number of nitrogens with zero attached hydrogens (tertiary/aromatic N) is 2. The van der Waals surface area contributed by atoms with Crippen LogP contribution in [0, 0.1) is 19.8 Å². The molecule has 0 bridgehead atoms. The maximum absolute atomic E-state index is 13.1. The highest BCUT2D eigenvalue weighted by Crippen LogP contribution is 2.33. The van der Waals surface area contributed by atoms with Gasteiger partial charge in [-0.3, -0.25) is 4.79 Å². The lowest BCUT2D eigenvalue weighted by Crippen LogP contribution is -2.41. The predicted octanol–water partition coefficient (Wildman–Crippen LogP) is 4.05. The number of hydrogen-bond acceptors (Lipinski definition) is 3. The molecule has 0 radical (unpaired) electrons. The van der Waals surface area contributed by atoms with Crippen LogP contribution in [0.2, 0.25) is 0 Å².